The number of rotatable bonds is 5. The smallest absolute Gasteiger partial charge is 0.224 e. The van der Waals surface area contributed by atoms with Crippen molar-refractivity contribution >= 4 is 5.95 Å². The van der Waals surface area contributed by atoms with Gasteiger partial charge in [0.05, 0.1) is 5.69 Å². The molecule has 0 aliphatic heterocycles. The van der Waals surface area contributed by atoms with E-state index in [-0.39, 0.29) is 0 Å². The van der Waals surface area contributed by atoms with Crippen LogP contribution in [-0.2, 0) is 33.5 Å². The predicted molar refractivity (Wildman–Crippen MR) is 70.3 cm³/mol. The first-order chi connectivity index (χ1) is 8.67. The van der Waals surface area contributed by atoms with Crippen molar-refractivity contribution in [3.63, 3.8) is 0 Å². The Hall–Kier alpha value is -1.85. The van der Waals surface area contributed by atoms with Gasteiger partial charge in [0.2, 0.25) is 5.95 Å². The Kier molecular flexibility index (Phi) is 3.64. The molecule has 0 aromatic carbocycles. The first-order valence-corrected chi connectivity index (χ1v) is 6.28. The van der Waals surface area contributed by atoms with Gasteiger partial charge in [-0.3, -0.25) is 4.68 Å². The SMILES string of the molecule is CCc1nn(C)c(CC)c1CNc1nncn1C. The molecule has 0 saturated heterocycles. The summed E-state index contributed by atoms with van der Waals surface area (Å²) in [6.07, 6.45) is 3.62. The van der Waals surface area contributed by atoms with Crippen molar-refractivity contribution in [2.75, 3.05) is 5.32 Å². The third kappa shape index (κ3) is 2.23. The maximum Gasteiger partial charge on any atom is 0.224 e. The van der Waals surface area contributed by atoms with E-state index in [4.69, 9.17) is 0 Å². The van der Waals surface area contributed by atoms with Crippen molar-refractivity contribution in [1.29, 1.82) is 0 Å². The Labute approximate surface area is 107 Å². The van der Waals surface area contributed by atoms with E-state index in [1.165, 1.54) is 11.3 Å². The lowest BCUT2D eigenvalue weighted by molar-refractivity contribution is 0.703. The monoisotopic (exact) mass is 248 g/mol. The normalized spacial score (nSPS) is 10.9. The van der Waals surface area contributed by atoms with Crippen molar-refractivity contribution < 1.29 is 0 Å². The summed E-state index contributed by atoms with van der Waals surface area (Å²) in [5.74, 6) is 0.781. The molecule has 6 nitrogen and oxygen atoms in total. The number of anilines is 1. The minimum atomic E-state index is 0.743. The summed E-state index contributed by atoms with van der Waals surface area (Å²) >= 11 is 0. The van der Waals surface area contributed by atoms with E-state index >= 15 is 0 Å². The zero-order valence-electron chi connectivity index (χ0n) is 11.4. The molecule has 0 radical (unpaired) electrons. The van der Waals surface area contributed by atoms with Crippen LogP contribution in [0.2, 0.25) is 0 Å². The van der Waals surface area contributed by atoms with Crippen LogP contribution in [0, 0.1) is 0 Å². The molecule has 2 rings (SSSR count). The van der Waals surface area contributed by atoms with Crippen LogP contribution in [0.15, 0.2) is 6.33 Å². The van der Waals surface area contributed by atoms with Gasteiger partial charge in [0.15, 0.2) is 0 Å². The second kappa shape index (κ2) is 5.20. The average Bonchev–Trinajstić information content (AvgIpc) is 2.90. The van der Waals surface area contributed by atoms with Crippen molar-refractivity contribution in [3.05, 3.63) is 23.3 Å². The number of aryl methyl sites for hydroxylation is 3. The highest BCUT2D eigenvalue weighted by Gasteiger charge is 2.13. The van der Waals surface area contributed by atoms with Gasteiger partial charge in [-0.2, -0.15) is 5.10 Å². The summed E-state index contributed by atoms with van der Waals surface area (Å²) in [6, 6.07) is 0. The molecule has 0 bridgehead atoms. The minimum absolute atomic E-state index is 0.743. The molecule has 0 saturated carbocycles. The molecule has 0 fully saturated rings. The van der Waals surface area contributed by atoms with E-state index in [0.29, 0.717) is 0 Å². The van der Waals surface area contributed by atoms with E-state index in [0.717, 1.165) is 31.0 Å². The third-order valence-electron chi connectivity index (χ3n) is 3.16. The fraction of sp³-hybridized carbons (Fsp3) is 0.583. The molecule has 2 aromatic heterocycles. The quantitative estimate of drug-likeness (QED) is 0.866. The molecular formula is C12H20N6. The van der Waals surface area contributed by atoms with Crippen molar-refractivity contribution in [2.24, 2.45) is 14.1 Å². The molecule has 0 aliphatic rings. The van der Waals surface area contributed by atoms with Gasteiger partial charge < -0.3 is 9.88 Å². The molecular weight excluding hydrogens is 228 g/mol. The zero-order valence-corrected chi connectivity index (χ0v) is 11.4. The highest BCUT2D eigenvalue weighted by molar-refractivity contribution is 5.32. The van der Waals surface area contributed by atoms with E-state index in [1.807, 2.05) is 23.3 Å². The van der Waals surface area contributed by atoms with Crippen LogP contribution < -0.4 is 5.32 Å². The predicted octanol–water partition coefficient (Wildman–Crippen LogP) is 1.29. The fourth-order valence-corrected chi connectivity index (χ4v) is 2.20. The first kappa shape index (κ1) is 12.6. The van der Waals surface area contributed by atoms with Crippen molar-refractivity contribution in [2.45, 2.75) is 33.2 Å². The number of nitrogens with one attached hydrogen (secondary N) is 1. The lowest BCUT2D eigenvalue weighted by atomic mass is 10.1. The maximum atomic E-state index is 4.56. The highest BCUT2D eigenvalue weighted by Crippen LogP contribution is 2.16. The molecule has 18 heavy (non-hydrogen) atoms. The van der Waals surface area contributed by atoms with Crippen LogP contribution in [0.1, 0.15) is 30.8 Å². The Bertz CT molecular complexity index is 525. The lowest BCUT2D eigenvalue weighted by Crippen LogP contribution is -2.08. The largest absolute Gasteiger partial charge is 0.350 e. The standard InChI is InChI=1S/C12H20N6/c1-5-10-9(11(6-2)18(4)16-10)7-13-12-15-14-8-17(12)3/h8H,5-7H2,1-4H3,(H,13,15). The molecule has 2 heterocycles. The van der Waals surface area contributed by atoms with Crippen molar-refractivity contribution in [3.8, 4) is 0 Å². The topological polar surface area (TPSA) is 60.6 Å². The van der Waals surface area contributed by atoms with Gasteiger partial charge >= 0.3 is 0 Å². The van der Waals surface area contributed by atoms with E-state index in [2.05, 4.69) is 34.5 Å². The second-order valence-electron chi connectivity index (χ2n) is 4.32. The van der Waals surface area contributed by atoms with Crippen LogP contribution >= 0.6 is 0 Å². The molecule has 1 N–H and O–H groups in total. The molecule has 98 valence electrons. The fourth-order valence-electron chi connectivity index (χ4n) is 2.20. The number of hydrogen-bond acceptors (Lipinski definition) is 4. The van der Waals surface area contributed by atoms with Crippen LogP contribution in [-0.4, -0.2) is 24.5 Å². The van der Waals surface area contributed by atoms with E-state index in [1.54, 1.807) is 6.33 Å². The maximum absolute atomic E-state index is 4.56. The molecule has 6 heteroatoms. The number of nitrogens with zero attached hydrogens (tertiary/aromatic N) is 5. The summed E-state index contributed by atoms with van der Waals surface area (Å²) in [5.41, 5.74) is 3.72. The number of hydrogen-bond donors (Lipinski definition) is 1. The van der Waals surface area contributed by atoms with Gasteiger partial charge in [0.1, 0.15) is 6.33 Å². The lowest BCUT2D eigenvalue weighted by Gasteiger charge is -2.07. The number of aromatic nitrogens is 5. The summed E-state index contributed by atoms with van der Waals surface area (Å²) < 4.78 is 3.85. The summed E-state index contributed by atoms with van der Waals surface area (Å²) in [6.45, 7) is 5.03. The van der Waals surface area contributed by atoms with Crippen molar-refractivity contribution in [1.82, 2.24) is 24.5 Å². The van der Waals surface area contributed by atoms with Crippen LogP contribution in [0.4, 0.5) is 5.95 Å². The van der Waals surface area contributed by atoms with Gasteiger partial charge in [-0.15, -0.1) is 10.2 Å². The van der Waals surface area contributed by atoms with E-state index < -0.39 is 0 Å². The van der Waals surface area contributed by atoms with Gasteiger partial charge in [-0.25, -0.2) is 0 Å². The summed E-state index contributed by atoms with van der Waals surface area (Å²) in [7, 11) is 3.93. The molecule has 0 unspecified atom stereocenters. The van der Waals surface area contributed by atoms with E-state index in [9.17, 15) is 0 Å². The molecule has 0 amide bonds. The summed E-state index contributed by atoms with van der Waals surface area (Å²) in [5, 5.41) is 15.7. The van der Waals surface area contributed by atoms with Gasteiger partial charge in [-0.1, -0.05) is 13.8 Å². The second-order valence-corrected chi connectivity index (χ2v) is 4.32. The summed E-state index contributed by atoms with van der Waals surface area (Å²) in [4.78, 5) is 0. The molecule has 0 aliphatic carbocycles. The van der Waals surface area contributed by atoms with Crippen LogP contribution in [0.3, 0.4) is 0 Å². The van der Waals surface area contributed by atoms with Gasteiger partial charge in [-0.05, 0) is 12.8 Å². The van der Waals surface area contributed by atoms with Crippen LogP contribution in [0.25, 0.3) is 0 Å². The molecule has 0 atom stereocenters. The third-order valence-corrected chi connectivity index (χ3v) is 3.16. The highest BCUT2D eigenvalue weighted by atomic mass is 15.3. The molecule has 2 aromatic rings. The zero-order chi connectivity index (χ0) is 13.1. The Balaban J connectivity index is 2.20. The van der Waals surface area contributed by atoms with Crippen LogP contribution in [0.5, 0.6) is 0 Å². The Morgan fingerprint density at radius 1 is 1.22 bits per heavy atom. The van der Waals surface area contributed by atoms with Gasteiger partial charge in [0.25, 0.3) is 0 Å². The first-order valence-electron chi connectivity index (χ1n) is 6.28. The Morgan fingerprint density at radius 3 is 2.56 bits per heavy atom. The van der Waals surface area contributed by atoms with Gasteiger partial charge in [0, 0.05) is 31.9 Å². The minimum Gasteiger partial charge on any atom is -0.350 e. The Morgan fingerprint density at radius 2 is 2.00 bits per heavy atom. The average molecular weight is 248 g/mol. The molecule has 0 spiro atoms.